The lowest BCUT2D eigenvalue weighted by Crippen LogP contribution is -2.50. The lowest BCUT2D eigenvalue weighted by atomic mass is 10.1. The molecule has 5 heteroatoms. The average molecular weight is 399 g/mol. The smallest absolute Gasteiger partial charge is 0.242 e. The molecule has 0 unspecified atom stereocenters. The summed E-state index contributed by atoms with van der Waals surface area (Å²) in [4.78, 5) is 27.6. The Morgan fingerprint density at radius 3 is 2.39 bits per heavy atom. The van der Waals surface area contributed by atoms with Crippen LogP contribution in [0.4, 0.5) is 0 Å². The molecule has 0 aliphatic heterocycles. The highest BCUT2D eigenvalue weighted by molar-refractivity contribution is 6.31. The minimum absolute atomic E-state index is 0.0832. The average Bonchev–Trinajstić information content (AvgIpc) is 3.20. The molecule has 1 fully saturated rings. The highest BCUT2D eigenvalue weighted by Crippen LogP contribution is 2.21. The lowest BCUT2D eigenvalue weighted by molar-refractivity contribution is -0.140. The maximum atomic E-state index is 13.1. The summed E-state index contributed by atoms with van der Waals surface area (Å²) >= 11 is 6.32. The molecule has 0 saturated heterocycles. The number of carbonyl (C=O) groups is 2. The van der Waals surface area contributed by atoms with E-state index in [0.717, 1.165) is 36.8 Å². The van der Waals surface area contributed by atoms with E-state index in [4.69, 9.17) is 11.6 Å². The van der Waals surface area contributed by atoms with Crippen LogP contribution in [0.25, 0.3) is 0 Å². The van der Waals surface area contributed by atoms with Gasteiger partial charge in [0.15, 0.2) is 0 Å². The summed E-state index contributed by atoms with van der Waals surface area (Å²) in [6.45, 7) is 2.11. The van der Waals surface area contributed by atoms with Crippen molar-refractivity contribution in [3.8, 4) is 0 Å². The van der Waals surface area contributed by atoms with Crippen LogP contribution in [0.5, 0.6) is 0 Å². The Morgan fingerprint density at radius 2 is 1.71 bits per heavy atom. The van der Waals surface area contributed by atoms with Crippen molar-refractivity contribution in [2.45, 2.75) is 57.7 Å². The van der Waals surface area contributed by atoms with Crippen LogP contribution in [0.3, 0.4) is 0 Å². The maximum Gasteiger partial charge on any atom is 0.242 e. The molecule has 28 heavy (non-hydrogen) atoms. The summed E-state index contributed by atoms with van der Waals surface area (Å²) in [7, 11) is 0. The van der Waals surface area contributed by atoms with Crippen LogP contribution in [0, 0.1) is 0 Å². The van der Waals surface area contributed by atoms with Gasteiger partial charge in [0.2, 0.25) is 11.8 Å². The Labute approximate surface area is 171 Å². The van der Waals surface area contributed by atoms with E-state index in [9.17, 15) is 9.59 Å². The molecule has 1 aliphatic rings. The third-order valence-corrected chi connectivity index (χ3v) is 5.73. The zero-order valence-corrected chi connectivity index (χ0v) is 17.0. The van der Waals surface area contributed by atoms with Gasteiger partial charge in [-0.2, -0.15) is 0 Å². The van der Waals surface area contributed by atoms with Crippen molar-refractivity contribution < 1.29 is 9.59 Å². The molecule has 0 radical (unpaired) electrons. The molecule has 2 aromatic carbocycles. The second-order valence-electron chi connectivity index (χ2n) is 7.44. The fraction of sp³-hybridized carbons (Fsp3) is 0.391. The van der Waals surface area contributed by atoms with Crippen LogP contribution in [-0.4, -0.2) is 28.8 Å². The van der Waals surface area contributed by atoms with Crippen LogP contribution in [0.15, 0.2) is 54.6 Å². The van der Waals surface area contributed by atoms with E-state index in [1.165, 1.54) is 0 Å². The molecule has 1 N–H and O–H groups in total. The molecule has 2 amide bonds. The van der Waals surface area contributed by atoms with Crippen LogP contribution in [0.1, 0.15) is 43.7 Å². The van der Waals surface area contributed by atoms with Crippen molar-refractivity contribution in [1.82, 2.24) is 10.2 Å². The SMILES string of the molecule is C[C@H](C(=O)NC1CCCC1)N(Cc1ccccc1Cl)C(=O)Cc1ccccc1. The quantitative estimate of drug-likeness (QED) is 0.753. The first-order valence-electron chi connectivity index (χ1n) is 9.92. The van der Waals surface area contributed by atoms with Gasteiger partial charge in [0.05, 0.1) is 6.42 Å². The zero-order valence-electron chi connectivity index (χ0n) is 16.2. The third-order valence-electron chi connectivity index (χ3n) is 5.37. The molecular weight excluding hydrogens is 372 g/mol. The predicted molar refractivity (Wildman–Crippen MR) is 112 cm³/mol. The summed E-state index contributed by atoms with van der Waals surface area (Å²) in [5.74, 6) is -0.180. The Balaban J connectivity index is 1.77. The highest BCUT2D eigenvalue weighted by atomic mass is 35.5. The van der Waals surface area contributed by atoms with Crippen LogP contribution in [-0.2, 0) is 22.6 Å². The van der Waals surface area contributed by atoms with Gasteiger partial charge in [-0.05, 0) is 37.0 Å². The van der Waals surface area contributed by atoms with Gasteiger partial charge in [0, 0.05) is 17.6 Å². The van der Waals surface area contributed by atoms with E-state index in [1.807, 2.05) is 48.5 Å². The predicted octanol–water partition coefficient (Wildman–Crippen LogP) is 4.36. The van der Waals surface area contributed by atoms with Crippen molar-refractivity contribution in [2.24, 2.45) is 0 Å². The number of halogens is 1. The molecule has 4 nitrogen and oxygen atoms in total. The summed E-state index contributed by atoms with van der Waals surface area (Å²) < 4.78 is 0. The molecule has 3 rings (SSSR count). The van der Waals surface area contributed by atoms with Crippen molar-refractivity contribution >= 4 is 23.4 Å². The number of carbonyl (C=O) groups excluding carboxylic acids is 2. The highest BCUT2D eigenvalue weighted by Gasteiger charge is 2.28. The molecule has 0 spiro atoms. The van der Waals surface area contributed by atoms with Gasteiger partial charge in [-0.15, -0.1) is 0 Å². The lowest BCUT2D eigenvalue weighted by Gasteiger charge is -2.30. The van der Waals surface area contributed by atoms with Crippen molar-refractivity contribution in [2.75, 3.05) is 0 Å². The first kappa shape index (κ1) is 20.4. The van der Waals surface area contributed by atoms with E-state index in [1.54, 1.807) is 17.9 Å². The van der Waals surface area contributed by atoms with E-state index in [2.05, 4.69) is 5.32 Å². The largest absolute Gasteiger partial charge is 0.352 e. The molecule has 1 saturated carbocycles. The van der Waals surface area contributed by atoms with Gasteiger partial charge in [0.25, 0.3) is 0 Å². The fourth-order valence-electron chi connectivity index (χ4n) is 3.66. The zero-order chi connectivity index (χ0) is 19.9. The number of hydrogen-bond acceptors (Lipinski definition) is 2. The first-order valence-corrected chi connectivity index (χ1v) is 10.3. The maximum absolute atomic E-state index is 13.1. The van der Waals surface area contributed by atoms with E-state index in [0.29, 0.717) is 11.6 Å². The van der Waals surface area contributed by atoms with Crippen LogP contribution >= 0.6 is 11.6 Å². The van der Waals surface area contributed by atoms with Crippen LogP contribution < -0.4 is 5.32 Å². The van der Waals surface area contributed by atoms with Crippen molar-refractivity contribution in [3.05, 3.63) is 70.7 Å². The van der Waals surface area contributed by atoms with Gasteiger partial charge in [-0.3, -0.25) is 9.59 Å². The molecule has 2 aromatic rings. The molecule has 0 bridgehead atoms. The van der Waals surface area contributed by atoms with Crippen molar-refractivity contribution in [1.29, 1.82) is 0 Å². The minimum atomic E-state index is -0.562. The number of rotatable bonds is 7. The van der Waals surface area contributed by atoms with Gasteiger partial charge in [-0.25, -0.2) is 0 Å². The second-order valence-corrected chi connectivity index (χ2v) is 7.85. The number of benzene rings is 2. The summed E-state index contributed by atoms with van der Waals surface area (Å²) in [5, 5.41) is 3.71. The molecule has 1 atom stereocenters. The molecular formula is C23H27ClN2O2. The molecule has 0 aromatic heterocycles. The van der Waals surface area contributed by atoms with E-state index < -0.39 is 6.04 Å². The standard InChI is InChI=1S/C23H27ClN2O2/c1-17(23(28)25-20-12-6-7-13-20)26(16-19-11-5-8-14-21(19)24)22(27)15-18-9-3-2-4-10-18/h2-5,8-11,14,17,20H,6-7,12-13,15-16H2,1H3,(H,25,28)/t17-/m1/s1. The topological polar surface area (TPSA) is 49.4 Å². The summed E-state index contributed by atoms with van der Waals surface area (Å²) in [6, 6.07) is 16.7. The monoisotopic (exact) mass is 398 g/mol. The number of nitrogens with zero attached hydrogens (tertiary/aromatic N) is 1. The molecule has 1 aliphatic carbocycles. The van der Waals surface area contributed by atoms with Crippen molar-refractivity contribution in [3.63, 3.8) is 0 Å². The Morgan fingerprint density at radius 1 is 1.07 bits per heavy atom. The third kappa shape index (κ3) is 5.35. The van der Waals surface area contributed by atoms with Gasteiger partial charge >= 0.3 is 0 Å². The number of nitrogens with one attached hydrogen (secondary N) is 1. The molecule has 148 valence electrons. The fourth-order valence-corrected chi connectivity index (χ4v) is 3.85. The Bertz CT molecular complexity index is 803. The first-order chi connectivity index (χ1) is 13.5. The Hall–Kier alpha value is -2.33. The van der Waals surface area contributed by atoms with E-state index in [-0.39, 0.29) is 24.3 Å². The number of amides is 2. The number of hydrogen-bond donors (Lipinski definition) is 1. The van der Waals surface area contributed by atoms with Gasteiger partial charge < -0.3 is 10.2 Å². The van der Waals surface area contributed by atoms with Gasteiger partial charge in [-0.1, -0.05) is 73.0 Å². The Kier molecular flexibility index (Phi) is 7.10. The van der Waals surface area contributed by atoms with Crippen LogP contribution in [0.2, 0.25) is 5.02 Å². The van der Waals surface area contributed by atoms with Gasteiger partial charge in [0.1, 0.15) is 6.04 Å². The molecule has 0 heterocycles. The summed E-state index contributed by atoms with van der Waals surface area (Å²) in [6.07, 6.45) is 4.58. The minimum Gasteiger partial charge on any atom is -0.352 e. The second kappa shape index (κ2) is 9.74. The normalized spacial score (nSPS) is 15.2. The summed E-state index contributed by atoms with van der Waals surface area (Å²) in [5.41, 5.74) is 1.77. The van der Waals surface area contributed by atoms with E-state index >= 15 is 0 Å².